The number of carbonyl (C=O) groups is 8. The second-order valence-electron chi connectivity index (χ2n) is 16.0. The van der Waals surface area contributed by atoms with Crippen LogP contribution in [-0.2, 0) is 24.0 Å². The average molecular weight is 939 g/mol. The van der Waals surface area contributed by atoms with Crippen molar-refractivity contribution in [1.29, 1.82) is 0 Å². The van der Waals surface area contributed by atoms with E-state index in [4.69, 9.17) is 0 Å². The summed E-state index contributed by atoms with van der Waals surface area (Å²) >= 11 is 0. The minimum absolute atomic E-state index is 0.0271. The van der Waals surface area contributed by atoms with Crippen LogP contribution in [0, 0.1) is 0 Å². The molecule has 3 amide bonds. The lowest BCUT2D eigenvalue weighted by atomic mass is 10.2. The van der Waals surface area contributed by atoms with E-state index in [1.165, 1.54) is 19.6 Å². The molecule has 65 heavy (non-hydrogen) atoms. The van der Waals surface area contributed by atoms with Crippen LogP contribution in [0.2, 0.25) is 0 Å². The van der Waals surface area contributed by atoms with Crippen molar-refractivity contribution in [1.82, 2.24) is 49.0 Å². The van der Waals surface area contributed by atoms with Crippen molar-refractivity contribution in [3.63, 3.8) is 0 Å². The van der Waals surface area contributed by atoms with Gasteiger partial charge in [0, 0.05) is 144 Å². The number of rotatable bonds is 21. The maximum Gasteiger partial charge on any atom is 0.407 e. The second kappa shape index (κ2) is 29.4. The molecule has 0 aliphatic carbocycles. The molecule has 0 aromatic carbocycles. The maximum absolute atomic E-state index is 12.1. The van der Waals surface area contributed by atoms with Crippen LogP contribution in [-0.4, -0.2) is 337 Å². The Balaban J connectivity index is 2.18. The molecule has 2 aliphatic rings. The summed E-state index contributed by atoms with van der Waals surface area (Å²) in [6.45, 7) is -2.72. The van der Waals surface area contributed by atoms with Crippen LogP contribution in [0.25, 0.3) is 0 Å². The van der Waals surface area contributed by atoms with Crippen molar-refractivity contribution >= 4 is 48.1 Å². The van der Waals surface area contributed by atoms with E-state index in [-0.39, 0.29) is 157 Å². The Bertz CT molecular complexity index is 1570. The molecule has 2 saturated heterocycles. The molecular formula is C37H66N10O18. The Labute approximate surface area is 375 Å². The summed E-state index contributed by atoms with van der Waals surface area (Å²) in [6, 6.07) is 0. The van der Waals surface area contributed by atoms with Gasteiger partial charge in [0.15, 0.2) is 0 Å². The van der Waals surface area contributed by atoms with Gasteiger partial charge < -0.3 is 65.8 Å². The number of amides is 3. The third-order valence-corrected chi connectivity index (χ3v) is 10.8. The van der Waals surface area contributed by atoms with E-state index in [2.05, 4.69) is 0 Å². The SMILES string of the molecule is O=C(O)CN1CCN(CC(=O)O)CCN(C(=O)O)CCN(CC(O)CN(CCN(CC(=O)O)CC(O)CN2CCN(CC(=O)O)CCN(C(=O)O)CCN(C(=O)O)CC2)CC(=O)O)CC1. The van der Waals surface area contributed by atoms with E-state index < -0.39 is 80.0 Å². The van der Waals surface area contributed by atoms with Crippen molar-refractivity contribution in [2.24, 2.45) is 0 Å². The Morgan fingerprint density at radius 3 is 0.831 bits per heavy atom. The molecule has 2 rings (SSSR count). The predicted octanol–water partition coefficient (Wildman–Crippen LogP) is -4.79. The number of aliphatic hydroxyl groups excluding tert-OH is 2. The number of aliphatic hydroxyl groups is 2. The van der Waals surface area contributed by atoms with Gasteiger partial charge in [0.2, 0.25) is 0 Å². The summed E-state index contributed by atoms with van der Waals surface area (Å²) in [5, 5.41) is 99.4. The van der Waals surface area contributed by atoms with Crippen LogP contribution in [0.3, 0.4) is 0 Å². The molecule has 0 aromatic rings. The highest BCUT2D eigenvalue weighted by Gasteiger charge is 2.27. The van der Waals surface area contributed by atoms with Crippen molar-refractivity contribution in [2.45, 2.75) is 12.2 Å². The van der Waals surface area contributed by atoms with E-state index in [0.717, 1.165) is 14.7 Å². The molecule has 0 bridgehead atoms. The topological polar surface area (TPSA) is 371 Å². The van der Waals surface area contributed by atoms with E-state index >= 15 is 0 Å². The second-order valence-corrected chi connectivity index (χ2v) is 16.0. The van der Waals surface area contributed by atoms with Gasteiger partial charge in [-0.1, -0.05) is 0 Å². The molecule has 28 heteroatoms. The molecule has 0 radical (unpaired) electrons. The van der Waals surface area contributed by atoms with Gasteiger partial charge in [0.05, 0.1) is 44.9 Å². The van der Waals surface area contributed by atoms with Crippen LogP contribution in [0.5, 0.6) is 0 Å². The number of β-amino-alcohol motifs (C(OH)–C–C–N with tert-alkyl or cyclic N) is 2. The number of hydrogen-bond acceptors (Lipinski definition) is 17. The first kappa shape index (κ1) is 55.9. The Kier molecular flexibility index (Phi) is 25.3. The zero-order valence-corrected chi connectivity index (χ0v) is 36.5. The first-order valence-electron chi connectivity index (χ1n) is 21.0. The molecule has 0 aromatic heterocycles. The summed E-state index contributed by atoms with van der Waals surface area (Å²) in [4.78, 5) is 108. The highest BCUT2D eigenvalue weighted by atomic mass is 16.4. The Hall–Kier alpha value is -5.20. The molecule has 0 spiro atoms. The van der Waals surface area contributed by atoms with Crippen LogP contribution in [0.1, 0.15) is 0 Å². The molecule has 2 heterocycles. The quantitative estimate of drug-likeness (QED) is 0.0516. The fraction of sp³-hybridized carbons (Fsp3) is 0.784. The third kappa shape index (κ3) is 24.6. The lowest BCUT2D eigenvalue weighted by Gasteiger charge is -2.34. The number of carboxylic acid groups (broad SMARTS) is 8. The summed E-state index contributed by atoms with van der Waals surface area (Å²) in [6.07, 6.45) is -6.32. The van der Waals surface area contributed by atoms with Gasteiger partial charge in [0.1, 0.15) is 0 Å². The highest BCUT2D eigenvalue weighted by molar-refractivity contribution is 5.71. The van der Waals surface area contributed by atoms with Crippen LogP contribution >= 0.6 is 0 Å². The van der Waals surface area contributed by atoms with Crippen LogP contribution in [0.15, 0.2) is 0 Å². The normalized spacial score (nSPS) is 19.0. The molecule has 2 atom stereocenters. The fourth-order valence-electron chi connectivity index (χ4n) is 7.46. The molecule has 28 nitrogen and oxygen atoms in total. The van der Waals surface area contributed by atoms with Gasteiger partial charge in [-0.2, -0.15) is 0 Å². The lowest BCUT2D eigenvalue weighted by Crippen LogP contribution is -2.51. The van der Waals surface area contributed by atoms with Crippen LogP contribution < -0.4 is 0 Å². The van der Waals surface area contributed by atoms with Gasteiger partial charge in [-0.05, 0) is 0 Å². The van der Waals surface area contributed by atoms with Crippen molar-refractivity contribution in [3.05, 3.63) is 0 Å². The lowest BCUT2D eigenvalue weighted by molar-refractivity contribution is -0.140. The van der Waals surface area contributed by atoms with Crippen molar-refractivity contribution in [3.8, 4) is 0 Å². The Morgan fingerprint density at radius 1 is 0.354 bits per heavy atom. The molecule has 2 fully saturated rings. The van der Waals surface area contributed by atoms with E-state index in [1.807, 2.05) is 0 Å². The summed E-state index contributed by atoms with van der Waals surface area (Å²) in [7, 11) is 0. The third-order valence-electron chi connectivity index (χ3n) is 10.8. The largest absolute Gasteiger partial charge is 0.480 e. The predicted molar refractivity (Wildman–Crippen MR) is 224 cm³/mol. The first-order chi connectivity index (χ1) is 30.6. The van der Waals surface area contributed by atoms with Gasteiger partial charge in [0.25, 0.3) is 0 Å². The van der Waals surface area contributed by atoms with Gasteiger partial charge in [-0.25, -0.2) is 14.4 Å². The number of hydrogen-bond donors (Lipinski definition) is 10. The number of nitrogens with zero attached hydrogens (tertiary/aromatic N) is 10. The Morgan fingerprint density at radius 2 is 0.585 bits per heavy atom. The molecule has 2 aliphatic heterocycles. The minimum atomic E-state index is -1.30. The monoisotopic (exact) mass is 938 g/mol. The van der Waals surface area contributed by atoms with Gasteiger partial charge in [-0.3, -0.25) is 58.3 Å². The first-order valence-corrected chi connectivity index (χ1v) is 21.0. The van der Waals surface area contributed by atoms with Crippen molar-refractivity contribution in [2.75, 3.05) is 177 Å². The zero-order valence-electron chi connectivity index (χ0n) is 36.5. The molecule has 372 valence electrons. The van der Waals surface area contributed by atoms with Gasteiger partial charge >= 0.3 is 48.1 Å². The summed E-state index contributed by atoms with van der Waals surface area (Å²) in [5.74, 6) is -5.93. The number of aliphatic carboxylic acids is 5. The zero-order chi connectivity index (χ0) is 48.6. The van der Waals surface area contributed by atoms with Crippen LogP contribution in [0.4, 0.5) is 14.4 Å². The summed E-state index contributed by atoms with van der Waals surface area (Å²) in [5.41, 5.74) is 0. The summed E-state index contributed by atoms with van der Waals surface area (Å²) < 4.78 is 0. The highest BCUT2D eigenvalue weighted by Crippen LogP contribution is 2.07. The minimum Gasteiger partial charge on any atom is -0.480 e. The molecule has 10 N–H and O–H groups in total. The molecule has 2 unspecified atom stereocenters. The standard InChI is InChI=1S/C37H66N10O18/c48-28(19-38-1-3-40(23-30(50)51)5-6-42(25-32(54)55)11-15-45(13-9-38)35(60)61)21-43(26-33(56)57)7-8-44(27-34(58)59)22-29(49)20-39-2-4-41(24-31(52)53)12-16-47(37(64)65)18-17-46(14-10-39)36(62)63/h28-29,48-49H,1-27H2,(H,50,51)(H,52,53)(H,54,55)(H,56,57)(H,58,59)(H,60,61)(H,62,63)(H,64,65). The van der Waals surface area contributed by atoms with Crippen molar-refractivity contribution < 1.29 is 89.4 Å². The smallest absolute Gasteiger partial charge is 0.407 e. The fourth-order valence-corrected chi connectivity index (χ4v) is 7.46. The average Bonchev–Trinajstić information content (AvgIpc) is 3.17. The molecule has 0 saturated carbocycles. The molecular weight excluding hydrogens is 872 g/mol. The van der Waals surface area contributed by atoms with E-state index in [9.17, 15) is 89.4 Å². The van der Waals surface area contributed by atoms with E-state index in [1.54, 1.807) is 14.7 Å². The van der Waals surface area contributed by atoms with E-state index in [0.29, 0.717) is 0 Å². The van der Waals surface area contributed by atoms with Gasteiger partial charge in [-0.15, -0.1) is 0 Å². The maximum atomic E-state index is 12.1. The number of carboxylic acids is 5.